The number of ether oxygens (including phenoxy) is 1. The van der Waals surface area contributed by atoms with Crippen LogP contribution in [-0.4, -0.2) is 17.0 Å². The quantitative estimate of drug-likeness (QED) is 0.600. The number of aromatic nitrogens is 1. The molecule has 0 aliphatic carbocycles. The SMILES string of the molecule is COc1cc(Cl)c(C(F)F)nc1[N+](=O)[O-]. The van der Waals surface area contributed by atoms with Crippen molar-refractivity contribution in [2.45, 2.75) is 6.43 Å². The van der Waals surface area contributed by atoms with Gasteiger partial charge in [0.05, 0.1) is 12.1 Å². The van der Waals surface area contributed by atoms with Crippen molar-refractivity contribution in [2.24, 2.45) is 0 Å². The first kappa shape index (κ1) is 11.6. The Balaban J connectivity index is 3.37. The van der Waals surface area contributed by atoms with Crippen molar-refractivity contribution in [1.82, 2.24) is 4.98 Å². The zero-order chi connectivity index (χ0) is 11.6. The average Bonchev–Trinajstić information content (AvgIpc) is 2.16. The van der Waals surface area contributed by atoms with Crippen LogP contribution < -0.4 is 4.74 Å². The highest BCUT2D eigenvalue weighted by Gasteiger charge is 2.27. The number of hydrogen-bond acceptors (Lipinski definition) is 4. The van der Waals surface area contributed by atoms with Crippen molar-refractivity contribution in [3.05, 3.63) is 26.9 Å². The van der Waals surface area contributed by atoms with E-state index in [-0.39, 0.29) is 10.8 Å². The van der Waals surface area contributed by atoms with Crippen LogP contribution in [0.15, 0.2) is 6.07 Å². The molecule has 8 heteroatoms. The van der Waals surface area contributed by atoms with E-state index in [1.165, 1.54) is 0 Å². The molecular weight excluding hydrogens is 234 g/mol. The Bertz CT molecular complexity index is 400. The summed E-state index contributed by atoms with van der Waals surface area (Å²) >= 11 is 5.43. The maximum atomic E-state index is 12.3. The van der Waals surface area contributed by atoms with Crippen molar-refractivity contribution in [1.29, 1.82) is 0 Å². The van der Waals surface area contributed by atoms with E-state index in [9.17, 15) is 18.9 Å². The molecule has 1 rings (SSSR count). The lowest BCUT2D eigenvalue weighted by Crippen LogP contribution is -2.01. The number of nitro groups is 1. The van der Waals surface area contributed by atoms with Gasteiger partial charge in [-0.25, -0.2) is 8.78 Å². The Kier molecular flexibility index (Phi) is 3.35. The summed E-state index contributed by atoms with van der Waals surface area (Å²) in [5.41, 5.74) is -0.829. The summed E-state index contributed by atoms with van der Waals surface area (Å²) < 4.78 is 29.2. The molecule has 1 heterocycles. The van der Waals surface area contributed by atoms with Crippen LogP contribution in [0.1, 0.15) is 12.1 Å². The van der Waals surface area contributed by atoms with E-state index < -0.39 is 22.9 Å². The fourth-order valence-corrected chi connectivity index (χ4v) is 1.13. The molecule has 0 aromatic carbocycles. The molecular formula is C7H5ClF2N2O3. The number of alkyl halides is 2. The number of pyridine rings is 1. The molecule has 0 N–H and O–H groups in total. The highest BCUT2D eigenvalue weighted by molar-refractivity contribution is 6.31. The van der Waals surface area contributed by atoms with Gasteiger partial charge in [-0.05, 0) is 9.91 Å². The maximum absolute atomic E-state index is 12.3. The third-order valence-corrected chi connectivity index (χ3v) is 1.85. The molecule has 0 fully saturated rings. The second-order valence-corrected chi connectivity index (χ2v) is 2.85. The van der Waals surface area contributed by atoms with E-state index in [1.54, 1.807) is 0 Å². The molecule has 1 aromatic heterocycles. The van der Waals surface area contributed by atoms with Crippen LogP contribution in [0, 0.1) is 10.1 Å². The second kappa shape index (κ2) is 4.35. The van der Waals surface area contributed by atoms with Crippen LogP contribution in [0.25, 0.3) is 0 Å². The summed E-state index contributed by atoms with van der Waals surface area (Å²) in [6.45, 7) is 0. The number of hydrogen-bond donors (Lipinski definition) is 0. The largest absolute Gasteiger partial charge is 0.489 e. The molecule has 15 heavy (non-hydrogen) atoms. The Hall–Kier alpha value is -1.50. The predicted molar refractivity (Wildman–Crippen MR) is 47.4 cm³/mol. The Morgan fingerprint density at radius 3 is 2.67 bits per heavy atom. The highest BCUT2D eigenvalue weighted by atomic mass is 35.5. The third kappa shape index (κ3) is 2.30. The van der Waals surface area contributed by atoms with Gasteiger partial charge in [0, 0.05) is 6.07 Å². The van der Waals surface area contributed by atoms with E-state index in [1.807, 2.05) is 0 Å². The Morgan fingerprint density at radius 1 is 1.67 bits per heavy atom. The lowest BCUT2D eigenvalue weighted by molar-refractivity contribution is -0.390. The lowest BCUT2D eigenvalue weighted by Gasteiger charge is -2.03. The molecule has 0 amide bonds. The van der Waals surface area contributed by atoms with Gasteiger partial charge < -0.3 is 14.9 Å². The zero-order valence-electron chi connectivity index (χ0n) is 7.41. The first-order chi connectivity index (χ1) is 6.97. The topological polar surface area (TPSA) is 65.3 Å². The summed E-state index contributed by atoms with van der Waals surface area (Å²) in [6, 6.07) is 0.939. The lowest BCUT2D eigenvalue weighted by atomic mass is 10.3. The fraction of sp³-hybridized carbons (Fsp3) is 0.286. The molecule has 0 radical (unpaired) electrons. The summed E-state index contributed by atoms with van der Waals surface area (Å²) in [4.78, 5) is 12.7. The maximum Gasteiger partial charge on any atom is 0.406 e. The second-order valence-electron chi connectivity index (χ2n) is 2.44. The Labute approximate surface area is 87.8 Å². The van der Waals surface area contributed by atoms with Gasteiger partial charge in [-0.3, -0.25) is 0 Å². The Morgan fingerprint density at radius 2 is 2.27 bits per heavy atom. The zero-order valence-corrected chi connectivity index (χ0v) is 8.16. The van der Waals surface area contributed by atoms with Gasteiger partial charge in [0.2, 0.25) is 11.4 Å². The predicted octanol–water partition coefficient (Wildman–Crippen LogP) is 2.59. The molecule has 0 saturated heterocycles. The number of nitrogens with zero attached hydrogens (tertiary/aromatic N) is 2. The van der Waals surface area contributed by atoms with Crippen molar-refractivity contribution in [3.8, 4) is 5.75 Å². The summed E-state index contributed by atoms with van der Waals surface area (Å²) in [5, 5.41) is 10.1. The van der Waals surface area contributed by atoms with Gasteiger partial charge in [0.15, 0.2) is 0 Å². The van der Waals surface area contributed by atoms with E-state index in [0.717, 1.165) is 13.2 Å². The van der Waals surface area contributed by atoms with Gasteiger partial charge >= 0.3 is 12.2 Å². The highest BCUT2D eigenvalue weighted by Crippen LogP contribution is 2.33. The van der Waals surface area contributed by atoms with Crippen LogP contribution in [0.4, 0.5) is 14.6 Å². The number of methoxy groups -OCH3 is 1. The molecule has 0 spiro atoms. The van der Waals surface area contributed by atoms with Crippen LogP contribution in [-0.2, 0) is 0 Å². The van der Waals surface area contributed by atoms with Crippen LogP contribution >= 0.6 is 11.6 Å². The van der Waals surface area contributed by atoms with Crippen LogP contribution in [0.3, 0.4) is 0 Å². The molecule has 1 aromatic rings. The minimum absolute atomic E-state index is 0.255. The normalized spacial score (nSPS) is 10.5. The van der Waals surface area contributed by atoms with Gasteiger partial charge in [-0.15, -0.1) is 0 Å². The van der Waals surface area contributed by atoms with Crippen molar-refractivity contribution < 1.29 is 18.4 Å². The first-order valence-corrected chi connectivity index (χ1v) is 4.02. The van der Waals surface area contributed by atoms with Gasteiger partial charge in [-0.2, -0.15) is 0 Å². The van der Waals surface area contributed by atoms with Crippen LogP contribution in [0.2, 0.25) is 5.02 Å². The third-order valence-electron chi connectivity index (χ3n) is 1.55. The van der Waals surface area contributed by atoms with Crippen molar-refractivity contribution in [2.75, 3.05) is 7.11 Å². The number of rotatable bonds is 3. The molecule has 82 valence electrons. The van der Waals surface area contributed by atoms with Crippen molar-refractivity contribution >= 4 is 17.4 Å². The van der Waals surface area contributed by atoms with E-state index in [4.69, 9.17) is 11.6 Å². The minimum Gasteiger partial charge on any atom is -0.489 e. The molecule has 0 atom stereocenters. The molecule has 0 bridgehead atoms. The molecule has 0 aliphatic heterocycles. The van der Waals surface area contributed by atoms with Gasteiger partial charge in [0.25, 0.3) is 0 Å². The smallest absolute Gasteiger partial charge is 0.406 e. The van der Waals surface area contributed by atoms with Crippen molar-refractivity contribution in [3.63, 3.8) is 0 Å². The fourth-order valence-electron chi connectivity index (χ4n) is 0.910. The summed E-state index contributed by atoms with van der Waals surface area (Å²) in [5.74, 6) is -1.04. The first-order valence-electron chi connectivity index (χ1n) is 3.64. The molecule has 0 saturated carbocycles. The van der Waals surface area contributed by atoms with Gasteiger partial charge in [-0.1, -0.05) is 11.6 Å². The van der Waals surface area contributed by atoms with E-state index >= 15 is 0 Å². The monoisotopic (exact) mass is 238 g/mol. The summed E-state index contributed by atoms with van der Waals surface area (Å²) in [7, 11) is 1.16. The average molecular weight is 239 g/mol. The standard InChI is InChI=1S/C7H5ClF2N2O3/c1-15-4-2-3(8)5(6(9)10)11-7(4)12(13)14/h2,6H,1H3. The van der Waals surface area contributed by atoms with Crippen LogP contribution in [0.5, 0.6) is 5.75 Å². The minimum atomic E-state index is -2.97. The van der Waals surface area contributed by atoms with Gasteiger partial charge in [0.1, 0.15) is 0 Å². The number of halogens is 3. The summed E-state index contributed by atoms with van der Waals surface area (Å²) in [6.07, 6.45) is -2.97. The van der Waals surface area contributed by atoms with E-state index in [0.29, 0.717) is 0 Å². The molecule has 5 nitrogen and oxygen atoms in total. The molecule has 0 aliphatic rings. The molecule has 0 unspecified atom stereocenters. The van der Waals surface area contributed by atoms with E-state index in [2.05, 4.69) is 9.72 Å².